The van der Waals surface area contributed by atoms with Crippen LogP contribution >= 0.6 is 0 Å². The summed E-state index contributed by atoms with van der Waals surface area (Å²) in [6, 6.07) is 17.6. The summed E-state index contributed by atoms with van der Waals surface area (Å²) in [6.45, 7) is 2.39. The van der Waals surface area contributed by atoms with Crippen LogP contribution in [0.15, 0.2) is 54.6 Å². The molecule has 1 aliphatic heterocycles. The van der Waals surface area contributed by atoms with E-state index in [0.717, 1.165) is 12.1 Å². The molecule has 1 heterocycles. The number of carbonyl (C=O) groups excluding carboxylic acids is 3. The van der Waals surface area contributed by atoms with Crippen LogP contribution in [0, 0.1) is 11.3 Å². The van der Waals surface area contributed by atoms with E-state index in [1.165, 1.54) is 11.8 Å². The van der Waals surface area contributed by atoms with E-state index in [1.807, 2.05) is 12.1 Å². The largest absolute Gasteiger partial charge is 0.449 e. The quantitative estimate of drug-likeness (QED) is 0.659. The molecule has 3 rings (SSSR count). The van der Waals surface area contributed by atoms with Gasteiger partial charge in [0.25, 0.3) is 5.91 Å². The van der Waals surface area contributed by atoms with Gasteiger partial charge in [-0.3, -0.25) is 9.59 Å². The Kier molecular flexibility index (Phi) is 6.81. The molecule has 0 bridgehead atoms. The van der Waals surface area contributed by atoms with Crippen LogP contribution in [0.3, 0.4) is 0 Å². The van der Waals surface area contributed by atoms with Crippen molar-refractivity contribution in [2.75, 3.05) is 22.9 Å². The van der Waals surface area contributed by atoms with Crippen molar-refractivity contribution in [2.24, 2.45) is 0 Å². The number of amides is 2. The van der Waals surface area contributed by atoms with Gasteiger partial charge in [-0.25, -0.2) is 4.79 Å². The second-order valence-electron chi connectivity index (χ2n) is 6.98. The third kappa shape index (κ3) is 4.84. The summed E-state index contributed by atoms with van der Waals surface area (Å²) in [5.41, 5.74) is 1.68. The number of nitriles is 1. The molecule has 30 heavy (non-hydrogen) atoms. The van der Waals surface area contributed by atoms with Crippen molar-refractivity contribution in [1.82, 2.24) is 0 Å². The molecule has 0 unspecified atom stereocenters. The Balaban J connectivity index is 1.67. The van der Waals surface area contributed by atoms with Crippen molar-refractivity contribution in [1.29, 1.82) is 5.26 Å². The molecule has 1 fully saturated rings. The summed E-state index contributed by atoms with van der Waals surface area (Å²) in [5.74, 6) is -0.949. The zero-order chi connectivity index (χ0) is 21.5. The first-order valence-electron chi connectivity index (χ1n) is 9.86. The number of para-hydroxylation sites is 1. The monoisotopic (exact) mass is 405 g/mol. The lowest BCUT2D eigenvalue weighted by Gasteiger charge is -2.25. The van der Waals surface area contributed by atoms with Gasteiger partial charge in [0.05, 0.1) is 18.1 Å². The summed E-state index contributed by atoms with van der Waals surface area (Å²) in [7, 11) is 0. The van der Waals surface area contributed by atoms with Gasteiger partial charge >= 0.3 is 5.97 Å². The number of hydrogen-bond acceptors (Lipinski definition) is 5. The molecule has 7 heteroatoms. The Morgan fingerprint density at radius 1 is 1.17 bits per heavy atom. The molecule has 7 nitrogen and oxygen atoms in total. The van der Waals surface area contributed by atoms with E-state index in [-0.39, 0.29) is 18.9 Å². The number of hydrogen-bond donors (Lipinski definition) is 0. The van der Waals surface area contributed by atoms with Crippen LogP contribution in [0.5, 0.6) is 0 Å². The molecular formula is C23H23N3O4. The zero-order valence-electron chi connectivity index (χ0n) is 16.8. The first kappa shape index (κ1) is 21.1. The van der Waals surface area contributed by atoms with Crippen LogP contribution in [0.1, 0.15) is 36.5 Å². The molecular weight excluding hydrogens is 382 g/mol. The highest BCUT2D eigenvalue weighted by Gasteiger charge is 2.26. The van der Waals surface area contributed by atoms with Crippen molar-refractivity contribution in [2.45, 2.75) is 32.3 Å². The van der Waals surface area contributed by atoms with Crippen LogP contribution in [0.2, 0.25) is 0 Å². The Morgan fingerprint density at radius 2 is 1.87 bits per heavy atom. The SMILES string of the molecule is C[C@@H](OC(=O)c1ccc(N2CCCC2=O)cc1)C(=O)N(CCC#N)c1ccccc1. The van der Waals surface area contributed by atoms with E-state index in [9.17, 15) is 14.4 Å². The Labute approximate surface area is 175 Å². The molecule has 0 saturated carbocycles. The predicted octanol–water partition coefficient (Wildman–Crippen LogP) is 3.31. The van der Waals surface area contributed by atoms with E-state index in [0.29, 0.717) is 24.2 Å². The predicted molar refractivity (Wildman–Crippen MR) is 112 cm³/mol. The van der Waals surface area contributed by atoms with Gasteiger partial charge in [-0.2, -0.15) is 5.26 Å². The summed E-state index contributed by atoms with van der Waals surface area (Å²) in [6.07, 6.45) is 0.508. The third-order valence-electron chi connectivity index (χ3n) is 4.90. The number of rotatable bonds is 7. The lowest BCUT2D eigenvalue weighted by Crippen LogP contribution is -2.40. The van der Waals surface area contributed by atoms with E-state index < -0.39 is 18.0 Å². The van der Waals surface area contributed by atoms with E-state index in [4.69, 9.17) is 10.00 Å². The van der Waals surface area contributed by atoms with E-state index in [2.05, 4.69) is 0 Å². The lowest BCUT2D eigenvalue weighted by atomic mass is 10.2. The number of carbonyl (C=O) groups is 3. The molecule has 2 aromatic rings. The van der Waals surface area contributed by atoms with Gasteiger partial charge in [-0.05, 0) is 49.7 Å². The van der Waals surface area contributed by atoms with Crippen molar-refractivity contribution < 1.29 is 19.1 Å². The number of esters is 1. The van der Waals surface area contributed by atoms with Crippen molar-refractivity contribution in [3.63, 3.8) is 0 Å². The van der Waals surface area contributed by atoms with Crippen LogP contribution in [0.4, 0.5) is 11.4 Å². The van der Waals surface area contributed by atoms with Crippen LogP contribution in [-0.4, -0.2) is 37.0 Å². The average Bonchev–Trinajstić information content (AvgIpc) is 3.20. The maximum atomic E-state index is 12.9. The minimum atomic E-state index is -1.02. The fraction of sp³-hybridized carbons (Fsp3) is 0.304. The standard InChI is InChI=1S/C23H23N3O4/c1-17(22(28)26(16-6-14-24)19-7-3-2-4-8-19)30-23(29)18-10-12-20(13-11-18)25-15-5-9-21(25)27/h2-4,7-8,10-13,17H,5-6,9,15-16H2,1H3/t17-/m1/s1. The second kappa shape index (κ2) is 9.70. The molecule has 2 aromatic carbocycles. The molecule has 154 valence electrons. The average molecular weight is 405 g/mol. The molecule has 0 radical (unpaired) electrons. The van der Waals surface area contributed by atoms with Gasteiger partial charge in [-0.15, -0.1) is 0 Å². The van der Waals surface area contributed by atoms with Crippen LogP contribution < -0.4 is 9.80 Å². The molecule has 0 aromatic heterocycles. The molecule has 1 atom stereocenters. The van der Waals surface area contributed by atoms with Gasteiger partial charge in [0.15, 0.2) is 6.10 Å². The molecule has 1 aliphatic rings. The summed E-state index contributed by atoms with van der Waals surface area (Å²) in [5, 5.41) is 8.90. The van der Waals surface area contributed by atoms with Gasteiger partial charge in [0.1, 0.15) is 0 Å². The van der Waals surface area contributed by atoms with Crippen molar-refractivity contribution in [3.05, 3.63) is 60.2 Å². The smallest absolute Gasteiger partial charge is 0.338 e. The normalized spacial score (nSPS) is 14.1. The number of anilines is 2. The van der Waals surface area contributed by atoms with E-state index in [1.54, 1.807) is 53.4 Å². The highest BCUT2D eigenvalue weighted by Crippen LogP contribution is 2.22. The number of ether oxygens (including phenoxy) is 1. The maximum absolute atomic E-state index is 12.9. The Hall–Kier alpha value is -3.66. The fourth-order valence-corrected chi connectivity index (χ4v) is 3.33. The Bertz CT molecular complexity index is 951. The van der Waals surface area contributed by atoms with Crippen LogP contribution in [0.25, 0.3) is 0 Å². The highest BCUT2D eigenvalue weighted by molar-refractivity contribution is 5.99. The van der Waals surface area contributed by atoms with E-state index >= 15 is 0 Å². The molecule has 0 N–H and O–H groups in total. The number of benzene rings is 2. The minimum absolute atomic E-state index is 0.0721. The summed E-state index contributed by atoms with van der Waals surface area (Å²) in [4.78, 5) is 40.4. The molecule has 0 aliphatic carbocycles. The van der Waals surface area contributed by atoms with Crippen molar-refractivity contribution in [3.8, 4) is 6.07 Å². The van der Waals surface area contributed by atoms with Gasteiger partial charge in [0.2, 0.25) is 5.91 Å². The van der Waals surface area contributed by atoms with Crippen molar-refractivity contribution >= 4 is 29.2 Å². The maximum Gasteiger partial charge on any atom is 0.338 e. The second-order valence-corrected chi connectivity index (χ2v) is 6.98. The lowest BCUT2D eigenvalue weighted by molar-refractivity contribution is -0.126. The molecule has 2 amide bonds. The van der Waals surface area contributed by atoms with Gasteiger partial charge < -0.3 is 14.5 Å². The van der Waals surface area contributed by atoms with Gasteiger partial charge in [0, 0.05) is 30.9 Å². The molecule has 0 spiro atoms. The first-order chi connectivity index (χ1) is 14.5. The van der Waals surface area contributed by atoms with Gasteiger partial charge in [-0.1, -0.05) is 18.2 Å². The third-order valence-corrected chi connectivity index (χ3v) is 4.90. The fourth-order valence-electron chi connectivity index (χ4n) is 3.33. The summed E-state index contributed by atoms with van der Waals surface area (Å²) < 4.78 is 5.37. The first-order valence-corrected chi connectivity index (χ1v) is 9.86. The summed E-state index contributed by atoms with van der Waals surface area (Å²) >= 11 is 0. The highest BCUT2D eigenvalue weighted by atomic mass is 16.5. The minimum Gasteiger partial charge on any atom is -0.449 e. The van der Waals surface area contributed by atoms with Crippen LogP contribution in [-0.2, 0) is 14.3 Å². The zero-order valence-corrected chi connectivity index (χ0v) is 16.8. The Morgan fingerprint density at radius 3 is 2.47 bits per heavy atom. The topological polar surface area (TPSA) is 90.7 Å². The number of nitrogens with zero attached hydrogens (tertiary/aromatic N) is 3. The molecule has 1 saturated heterocycles.